The van der Waals surface area contributed by atoms with Crippen LogP contribution in [0.1, 0.15) is 174 Å². The summed E-state index contributed by atoms with van der Waals surface area (Å²) in [4.78, 5) is 13.0. The molecule has 2 fully saturated rings. The van der Waals surface area contributed by atoms with E-state index in [0.717, 1.165) is 38.5 Å². The third kappa shape index (κ3) is 21.6. The van der Waals surface area contributed by atoms with Gasteiger partial charge in [-0.25, -0.2) is 0 Å². The molecular formula is C45H85NO13. The highest BCUT2D eigenvalue weighted by Crippen LogP contribution is 2.30. The van der Waals surface area contributed by atoms with Gasteiger partial charge in [-0.1, -0.05) is 161 Å². The van der Waals surface area contributed by atoms with E-state index in [9.17, 15) is 45.6 Å². The first kappa shape index (κ1) is 53.9. The Morgan fingerprint density at radius 2 is 1.05 bits per heavy atom. The van der Waals surface area contributed by atoms with E-state index in [4.69, 9.17) is 18.9 Å². The third-order valence-electron chi connectivity index (χ3n) is 11.7. The molecule has 14 heteroatoms. The summed E-state index contributed by atoms with van der Waals surface area (Å²) in [6, 6.07) is -0.905. The molecule has 2 rings (SSSR count). The first-order valence-electron chi connectivity index (χ1n) is 23.4. The van der Waals surface area contributed by atoms with Crippen LogP contribution in [0.25, 0.3) is 0 Å². The van der Waals surface area contributed by atoms with Gasteiger partial charge in [0.2, 0.25) is 5.91 Å². The van der Waals surface area contributed by atoms with E-state index in [1.807, 2.05) is 6.08 Å². The minimum atomic E-state index is -1.78. The molecule has 9 N–H and O–H groups in total. The van der Waals surface area contributed by atoms with E-state index in [1.54, 1.807) is 6.08 Å². The van der Waals surface area contributed by atoms with Gasteiger partial charge in [0, 0.05) is 6.42 Å². The number of hydrogen-bond donors (Lipinski definition) is 9. The van der Waals surface area contributed by atoms with E-state index < -0.39 is 86.8 Å². The smallest absolute Gasteiger partial charge is 0.220 e. The maximum atomic E-state index is 13.0. The molecule has 0 aromatic heterocycles. The Morgan fingerprint density at radius 1 is 0.593 bits per heavy atom. The lowest BCUT2D eigenvalue weighted by molar-refractivity contribution is -0.359. The monoisotopic (exact) mass is 848 g/mol. The van der Waals surface area contributed by atoms with Crippen LogP contribution in [0.2, 0.25) is 0 Å². The van der Waals surface area contributed by atoms with Crippen molar-refractivity contribution in [2.75, 3.05) is 19.8 Å². The molecule has 12 atom stereocenters. The highest BCUT2D eigenvalue weighted by atomic mass is 16.7. The fraction of sp³-hybridized carbons (Fsp3) is 0.933. The van der Waals surface area contributed by atoms with Gasteiger partial charge in [-0.2, -0.15) is 0 Å². The molecule has 2 aliphatic rings. The van der Waals surface area contributed by atoms with Gasteiger partial charge in [0.25, 0.3) is 0 Å². The van der Waals surface area contributed by atoms with Crippen LogP contribution in [0.5, 0.6) is 0 Å². The molecule has 2 aliphatic heterocycles. The van der Waals surface area contributed by atoms with Crippen molar-refractivity contribution in [1.29, 1.82) is 0 Å². The second-order valence-corrected chi connectivity index (χ2v) is 16.9. The number of ether oxygens (including phenoxy) is 4. The second kappa shape index (κ2) is 33.3. The number of amides is 1. The molecule has 0 radical (unpaired) electrons. The standard InChI is InChI=1S/C45H85NO13/c1-3-5-7-9-11-13-14-15-16-17-18-19-20-21-22-24-26-28-34(49)33(46-37(50)29-27-25-23-12-10-8-6-4-2)32-56-44-42(55)40(53)43(36(31-48)58-44)59-45-41(54)39(52)38(51)35(30-47)57-45/h26,28,33-36,38-45,47-49,51-55H,3-25,27,29-32H2,1-2H3,(H,46,50)/b28-26+. The van der Waals surface area contributed by atoms with Crippen molar-refractivity contribution < 1.29 is 64.6 Å². The summed E-state index contributed by atoms with van der Waals surface area (Å²) in [6.45, 7) is 2.73. The minimum absolute atomic E-state index is 0.245. The summed E-state index contributed by atoms with van der Waals surface area (Å²) < 4.78 is 22.6. The van der Waals surface area contributed by atoms with Crippen molar-refractivity contribution in [2.24, 2.45) is 0 Å². The summed E-state index contributed by atoms with van der Waals surface area (Å²) in [5.74, 6) is -0.245. The van der Waals surface area contributed by atoms with E-state index in [1.165, 1.54) is 109 Å². The zero-order valence-corrected chi connectivity index (χ0v) is 36.5. The minimum Gasteiger partial charge on any atom is -0.394 e. The van der Waals surface area contributed by atoms with Gasteiger partial charge < -0.3 is 65.1 Å². The average molecular weight is 848 g/mol. The summed E-state index contributed by atoms with van der Waals surface area (Å²) in [6.07, 6.45) is 15.6. The second-order valence-electron chi connectivity index (χ2n) is 16.9. The predicted molar refractivity (Wildman–Crippen MR) is 226 cm³/mol. The number of nitrogens with one attached hydrogen (secondary N) is 1. The highest BCUT2D eigenvalue weighted by molar-refractivity contribution is 5.76. The Bertz CT molecular complexity index is 1050. The van der Waals surface area contributed by atoms with E-state index in [-0.39, 0.29) is 18.9 Å². The van der Waals surface area contributed by atoms with Crippen LogP contribution in [0.4, 0.5) is 0 Å². The Hall–Kier alpha value is -1.27. The van der Waals surface area contributed by atoms with Crippen molar-refractivity contribution in [3.05, 3.63) is 12.2 Å². The van der Waals surface area contributed by atoms with Gasteiger partial charge in [-0.15, -0.1) is 0 Å². The Balaban J connectivity index is 1.86. The Kier molecular flexibility index (Phi) is 30.4. The van der Waals surface area contributed by atoms with Gasteiger partial charge >= 0.3 is 0 Å². The van der Waals surface area contributed by atoms with Crippen LogP contribution in [0.3, 0.4) is 0 Å². The molecule has 1 amide bonds. The van der Waals surface area contributed by atoms with E-state index >= 15 is 0 Å². The van der Waals surface area contributed by atoms with Crippen LogP contribution < -0.4 is 5.32 Å². The number of allylic oxidation sites excluding steroid dienone is 1. The average Bonchev–Trinajstić information content (AvgIpc) is 3.23. The molecule has 0 aromatic rings. The van der Waals surface area contributed by atoms with Gasteiger partial charge in [0.15, 0.2) is 12.6 Å². The van der Waals surface area contributed by atoms with Gasteiger partial charge in [0.05, 0.1) is 32.0 Å². The maximum Gasteiger partial charge on any atom is 0.220 e. The molecule has 0 spiro atoms. The number of aliphatic hydroxyl groups excluding tert-OH is 8. The number of unbranched alkanes of at least 4 members (excludes halogenated alkanes) is 22. The van der Waals surface area contributed by atoms with Gasteiger partial charge in [-0.05, 0) is 19.3 Å². The molecule has 14 nitrogen and oxygen atoms in total. The fourth-order valence-corrected chi connectivity index (χ4v) is 7.82. The predicted octanol–water partition coefficient (Wildman–Crippen LogP) is 4.82. The Labute approximate surface area is 355 Å². The summed E-state index contributed by atoms with van der Waals surface area (Å²) in [5.41, 5.74) is 0. The molecule has 12 unspecified atom stereocenters. The number of rotatable bonds is 35. The van der Waals surface area contributed by atoms with Crippen molar-refractivity contribution in [2.45, 2.75) is 248 Å². The van der Waals surface area contributed by atoms with Crippen molar-refractivity contribution in [1.82, 2.24) is 5.32 Å². The lowest BCUT2D eigenvalue weighted by atomic mass is 9.97. The summed E-state index contributed by atoms with van der Waals surface area (Å²) in [7, 11) is 0. The molecule has 59 heavy (non-hydrogen) atoms. The molecule has 2 saturated heterocycles. The maximum absolute atomic E-state index is 13.0. The zero-order valence-electron chi connectivity index (χ0n) is 36.5. The molecule has 0 aliphatic carbocycles. The quantitative estimate of drug-likeness (QED) is 0.0308. The molecule has 348 valence electrons. The molecule has 0 aromatic carbocycles. The van der Waals surface area contributed by atoms with Gasteiger partial charge in [0.1, 0.15) is 48.8 Å². The first-order chi connectivity index (χ1) is 28.6. The number of carbonyl (C=O) groups is 1. The van der Waals surface area contributed by atoms with Crippen LogP contribution in [-0.2, 0) is 23.7 Å². The van der Waals surface area contributed by atoms with E-state index in [0.29, 0.717) is 6.42 Å². The Morgan fingerprint density at radius 3 is 1.56 bits per heavy atom. The fourth-order valence-electron chi connectivity index (χ4n) is 7.82. The van der Waals surface area contributed by atoms with Crippen LogP contribution in [0, 0.1) is 0 Å². The summed E-state index contributed by atoms with van der Waals surface area (Å²) >= 11 is 0. The lowest BCUT2D eigenvalue weighted by Gasteiger charge is -2.46. The van der Waals surface area contributed by atoms with Crippen molar-refractivity contribution in [3.8, 4) is 0 Å². The van der Waals surface area contributed by atoms with Crippen molar-refractivity contribution in [3.63, 3.8) is 0 Å². The molecule has 2 heterocycles. The largest absolute Gasteiger partial charge is 0.394 e. The summed E-state index contributed by atoms with van der Waals surface area (Å²) in [5, 5.41) is 86.4. The number of carbonyl (C=O) groups excluding carboxylic acids is 1. The van der Waals surface area contributed by atoms with Crippen LogP contribution in [-0.4, -0.2) is 140 Å². The highest BCUT2D eigenvalue weighted by Gasteiger charge is 2.50. The van der Waals surface area contributed by atoms with Gasteiger partial charge in [-0.3, -0.25) is 4.79 Å². The zero-order chi connectivity index (χ0) is 43.3. The molecule has 0 bridgehead atoms. The normalized spacial score (nSPS) is 28.6. The number of aliphatic hydroxyl groups is 8. The lowest BCUT2D eigenvalue weighted by Crippen LogP contribution is -2.65. The van der Waals surface area contributed by atoms with Crippen LogP contribution in [0.15, 0.2) is 12.2 Å². The molecule has 0 saturated carbocycles. The van der Waals surface area contributed by atoms with E-state index in [2.05, 4.69) is 19.2 Å². The van der Waals surface area contributed by atoms with Crippen molar-refractivity contribution >= 4 is 5.91 Å². The third-order valence-corrected chi connectivity index (χ3v) is 11.7. The topological polar surface area (TPSA) is 228 Å². The van der Waals surface area contributed by atoms with Crippen LogP contribution >= 0.6 is 0 Å². The first-order valence-corrected chi connectivity index (χ1v) is 23.4. The SMILES string of the molecule is CCCCCCCCCCCCCCCCC/C=C/C(O)C(COC1OC(CO)C(OC2OC(CO)C(O)C(O)C2O)C(O)C1O)NC(=O)CCCCCCCCCC. The number of hydrogen-bond acceptors (Lipinski definition) is 13. The molecular weight excluding hydrogens is 762 g/mol.